The Hall–Kier alpha value is 0.759. The molecule has 0 saturated heterocycles. The van der Waals surface area contributed by atoms with Crippen LogP contribution in [0.3, 0.4) is 0 Å². The zero-order valence-corrected chi connectivity index (χ0v) is 10.2. The van der Waals surface area contributed by atoms with Gasteiger partial charge >= 0.3 is 63.2 Å². The molecule has 0 aromatic carbocycles. The molecule has 0 aliphatic heterocycles. The van der Waals surface area contributed by atoms with Crippen LogP contribution in [0.2, 0.25) is 19.3 Å². The molecule has 0 spiro atoms. The van der Waals surface area contributed by atoms with Gasteiger partial charge in [-0.3, -0.25) is 0 Å². The van der Waals surface area contributed by atoms with E-state index in [2.05, 4.69) is 33.8 Å². The third-order valence-electron chi connectivity index (χ3n) is 1.31. The van der Waals surface area contributed by atoms with Crippen LogP contribution >= 0.6 is 0 Å². The molecule has 0 aromatic rings. The molecule has 0 aliphatic carbocycles. The van der Waals surface area contributed by atoms with E-state index in [1.807, 2.05) is 0 Å². The van der Waals surface area contributed by atoms with Gasteiger partial charge in [0.2, 0.25) is 0 Å². The summed E-state index contributed by atoms with van der Waals surface area (Å²) in [6, 6.07) is 0. The fourth-order valence-electron chi connectivity index (χ4n) is 0.559. The van der Waals surface area contributed by atoms with Crippen molar-refractivity contribution in [3.63, 3.8) is 0 Å². The first-order valence-electron chi connectivity index (χ1n) is 3.56. The van der Waals surface area contributed by atoms with E-state index in [1.54, 1.807) is 0 Å². The van der Waals surface area contributed by atoms with Gasteiger partial charge in [0.05, 0.1) is 0 Å². The van der Waals surface area contributed by atoms with Gasteiger partial charge in [-0.05, 0) is 0 Å². The van der Waals surface area contributed by atoms with Crippen LogP contribution in [0.15, 0.2) is 0 Å². The topological polar surface area (TPSA) is 3.24 Å². The summed E-state index contributed by atoms with van der Waals surface area (Å²) in [7, 11) is 4.30. The minimum atomic E-state index is -1.40. The van der Waals surface area contributed by atoms with E-state index in [-0.39, 0.29) is 0 Å². The predicted molar refractivity (Wildman–Crippen MR) is 46.7 cm³/mol. The van der Waals surface area contributed by atoms with Crippen LogP contribution in [0.5, 0.6) is 0 Å². The van der Waals surface area contributed by atoms with E-state index < -0.39 is 18.4 Å². The molecule has 56 valence electrons. The molecule has 9 heavy (non-hydrogen) atoms. The molecule has 1 nitrogen and oxygen atoms in total. The summed E-state index contributed by atoms with van der Waals surface area (Å²) in [6.45, 7) is 1.29. The Balaban J connectivity index is 3.28. The summed E-state index contributed by atoms with van der Waals surface area (Å²) in [5.41, 5.74) is 0. The first-order chi connectivity index (χ1) is 3.92. The van der Waals surface area contributed by atoms with Crippen LogP contribution in [0, 0.1) is 0 Å². The van der Waals surface area contributed by atoms with Gasteiger partial charge in [0.1, 0.15) is 0 Å². The standard InChI is InChI=1S/C4H10N.3CH3.Sn/c1-4-5(2)3;;;;/h1,4H2,2-3H3;3*1H3;. The van der Waals surface area contributed by atoms with Crippen LogP contribution < -0.4 is 0 Å². The molecule has 0 N–H and O–H groups in total. The second-order valence-corrected chi connectivity index (χ2v) is 20.2. The van der Waals surface area contributed by atoms with E-state index >= 15 is 0 Å². The molecule has 2 heteroatoms. The van der Waals surface area contributed by atoms with Gasteiger partial charge in [0.25, 0.3) is 0 Å². The molecule has 0 heterocycles. The third-order valence-corrected chi connectivity index (χ3v) is 6.23. The fourth-order valence-corrected chi connectivity index (χ4v) is 3.75. The predicted octanol–water partition coefficient (Wildman–Crippen LogP) is 1.89. The van der Waals surface area contributed by atoms with Crippen molar-refractivity contribution in [2.24, 2.45) is 0 Å². The molecule has 0 amide bonds. The Morgan fingerprint density at radius 3 is 1.67 bits per heavy atom. The number of hydrogen-bond acceptors (Lipinski definition) is 1. The quantitative estimate of drug-likeness (QED) is 0.676. The van der Waals surface area contributed by atoms with E-state index in [1.165, 1.54) is 11.0 Å². The van der Waals surface area contributed by atoms with Crippen molar-refractivity contribution in [1.29, 1.82) is 0 Å². The Kier molecular flexibility index (Phi) is 4.13. The molecule has 0 fully saturated rings. The zero-order chi connectivity index (χ0) is 7.49. The van der Waals surface area contributed by atoms with Crippen molar-refractivity contribution < 1.29 is 0 Å². The second-order valence-electron chi connectivity index (χ2n) is 4.11. The van der Waals surface area contributed by atoms with E-state index in [4.69, 9.17) is 0 Å². The van der Waals surface area contributed by atoms with Gasteiger partial charge < -0.3 is 0 Å². The fraction of sp³-hybridized carbons (Fsp3) is 1.00. The average Bonchev–Trinajstić information content (AvgIpc) is 1.59. The van der Waals surface area contributed by atoms with Crippen molar-refractivity contribution in [3.05, 3.63) is 0 Å². The second kappa shape index (κ2) is 3.81. The monoisotopic (exact) mass is 237 g/mol. The van der Waals surface area contributed by atoms with Crippen LogP contribution in [-0.2, 0) is 0 Å². The molecule has 0 atom stereocenters. The molecule has 0 bridgehead atoms. The van der Waals surface area contributed by atoms with Gasteiger partial charge in [-0.2, -0.15) is 0 Å². The van der Waals surface area contributed by atoms with Crippen molar-refractivity contribution in [1.82, 2.24) is 4.90 Å². The summed E-state index contributed by atoms with van der Waals surface area (Å²) >= 11 is -1.40. The zero-order valence-electron chi connectivity index (χ0n) is 7.36. The molecule has 0 saturated carbocycles. The van der Waals surface area contributed by atoms with E-state index in [9.17, 15) is 0 Å². The van der Waals surface area contributed by atoms with Gasteiger partial charge in [0, 0.05) is 0 Å². The van der Waals surface area contributed by atoms with Crippen LogP contribution in [0.4, 0.5) is 0 Å². The summed E-state index contributed by atoms with van der Waals surface area (Å²) in [5.74, 6) is 0. The molecule has 0 rings (SSSR count). The average molecular weight is 236 g/mol. The van der Waals surface area contributed by atoms with Crippen LogP contribution in [-0.4, -0.2) is 43.9 Å². The van der Waals surface area contributed by atoms with E-state index in [0.717, 1.165) is 0 Å². The number of hydrogen-bond donors (Lipinski definition) is 0. The van der Waals surface area contributed by atoms with Crippen LogP contribution in [0.1, 0.15) is 0 Å². The van der Waals surface area contributed by atoms with Gasteiger partial charge in [0.15, 0.2) is 0 Å². The van der Waals surface area contributed by atoms with Crippen LogP contribution in [0.25, 0.3) is 0 Å². The Morgan fingerprint density at radius 1 is 1.11 bits per heavy atom. The Bertz CT molecular complexity index is 73.5. The van der Waals surface area contributed by atoms with Gasteiger partial charge in [-0.25, -0.2) is 0 Å². The SMILES string of the molecule is CN(C)C[CH2][Sn]([CH3])([CH3])[CH3]. The maximum absolute atomic E-state index is 2.48. The first-order valence-corrected chi connectivity index (χ1v) is 14.1. The minimum absolute atomic E-state index is 1.29. The maximum atomic E-state index is 2.48. The summed E-state index contributed by atoms with van der Waals surface area (Å²) in [6.07, 6.45) is 0. The summed E-state index contributed by atoms with van der Waals surface area (Å²) in [5, 5.41) is 0. The molecule has 0 aliphatic rings. The molecular weight excluding hydrogens is 217 g/mol. The van der Waals surface area contributed by atoms with E-state index in [0.29, 0.717) is 0 Å². The Morgan fingerprint density at radius 2 is 1.56 bits per heavy atom. The number of nitrogens with zero attached hydrogens (tertiary/aromatic N) is 1. The molecule has 0 radical (unpaired) electrons. The van der Waals surface area contributed by atoms with Gasteiger partial charge in [-0.15, -0.1) is 0 Å². The van der Waals surface area contributed by atoms with Crippen molar-refractivity contribution >= 4 is 18.4 Å². The van der Waals surface area contributed by atoms with Gasteiger partial charge in [-0.1, -0.05) is 0 Å². The van der Waals surface area contributed by atoms with Crippen molar-refractivity contribution in [3.8, 4) is 0 Å². The molecule has 0 unspecified atom stereocenters. The Labute approximate surface area is 63.3 Å². The summed E-state index contributed by atoms with van der Waals surface area (Å²) in [4.78, 5) is 9.73. The normalized spacial score (nSPS) is 12.7. The van der Waals surface area contributed by atoms with Crippen molar-refractivity contribution in [2.45, 2.75) is 19.3 Å². The first kappa shape index (κ1) is 9.76. The molecule has 0 aromatic heterocycles. The third kappa shape index (κ3) is 8.76. The van der Waals surface area contributed by atoms with Crippen molar-refractivity contribution in [2.75, 3.05) is 20.6 Å². The number of rotatable bonds is 3. The molecular formula is C7H19NSn. The summed E-state index contributed by atoms with van der Waals surface area (Å²) < 4.78 is 1.49.